The van der Waals surface area contributed by atoms with Gasteiger partial charge < -0.3 is 10.3 Å². The summed E-state index contributed by atoms with van der Waals surface area (Å²) in [6.45, 7) is 5.95. The van der Waals surface area contributed by atoms with Crippen LogP contribution in [0, 0.1) is 13.8 Å². The van der Waals surface area contributed by atoms with Gasteiger partial charge in [0.25, 0.3) is 0 Å². The van der Waals surface area contributed by atoms with Gasteiger partial charge in [0.2, 0.25) is 5.91 Å². The van der Waals surface area contributed by atoms with Gasteiger partial charge in [0.1, 0.15) is 0 Å². The maximum absolute atomic E-state index is 12.8. The van der Waals surface area contributed by atoms with Crippen molar-refractivity contribution in [1.82, 2.24) is 9.97 Å². The van der Waals surface area contributed by atoms with Crippen LogP contribution in [0.5, 0.6) is 0 Å². The van der Waals surface area contributed by atoms with E-state index in [4.69, 9.17) is 4.98 Å². The Morgan fingerprint density at radius 2 is 1.48 bits per heavy atom. The van der Waals surface area contributed by atoms with Gasteiger partial charge in [-0.3, -0.25) is 4.79 Å². The van der Waals surface area contributed by atoms with Crippen molar-refractivity contribution in [3.05, 3.63) is 90.0 Å². The summed E-state index contributed by atoms with van der Waals surface area (Å²) in [6, 6.07) is 26.3. The first-order valence-electron chi connectivity index (χ1n) is 10.3. The Kier molecular flexibility index (Phi) is 6.23. The van der Waals surface area contributed by atoms with Crippen molar-refractivity contribution in [2.24, 2.45) is 0 Å². The number of benzene rings is 3. The van der Waals surface area contributed by atoms with E-state index in [1.165, 1.54) is 11.8 Å². The minimum Gasteiger partial charge on any atom is -0.332 e. The van der Waals surface area contributed by atoms with E-state index in [0.29, 0.717) is 0 Å². The van der Waals surface area contributed by atoms with E-state index < -0.39 is 0 Å². The molecule has 0 saturated heterocycles. The molecule has 0 bridgehead atoms. The molecular formula is C26H25N3OS. The van der Waals surface area contributed by atoms with Gasteiger partial charge in [-0.15, -0.1) is 0 Å². The molecule has 0 radical (unpaired) electrons. The Labute approximate surface area is 187 Å². The molecule has 1 amide bonds. The average Bonchev–Trinajstić information content (AvgIpc) is 3.18. The first-order valence-corrected chi connectivity index (χ1v) is 11.1. The molecular weight excluding hydrogens is 402 g/mol. The number of anilines is 1. The zero-order valence-corrected chi connectivity index (χ0v) is 18.7. The van der Waals surface area contributed by atoms with E-state index in [0.717, 1.165) is 44.5 Å². The molecule has 0 aliphatic carbocycles. The van der Waals surface area contributed by atoms with E-state index in [9.17, 15) is 4.79 Å². The van der Waals surface area contributed by atoms with Crippen molar-refractivity contribution < 1.29 is 4.79 Å². The number of nitrogens with zero attached hydrogens (tertiary/aromatic N) is 1. The lowest BCUT2D eigenvalue weighted by Crippen LogP contribution is -2.22. The standard InChI is InChI=1S/C26H25N3OS/c1-17-14-18(2)16-22(15-17)27-25(30)19(3)31-26-28-23(20-10-6-4-7-11-20)24(29-26)21-12-8-5-9-13-21/h4-16,19H,1-3H3,(H,27,30)(H,28,29). The van der Waals surface area contributed by atoms with Crippen molar-refractivity contribution in [1.29, 1.82) is 0 Å². The number of aromatic nitrogens is 2. The number of aromatic amines is 1. The second kappa shape index (κ2) is 9.23. The van der Waals surface area contributed by atoms with Crippen LogP contribution in [0.15, 0.2) is 84.0 Å². The number of carbonyl (C=O) groups excluding carboxylic acids is 1. The Balaban J connectivity index is 1.58. The molecule has 0 saturated carbocycles. The zero-order valence-electron chi connectivity index (χ0n) is 17.8. The molecule has 4 rings (SSSR count). The Morgan fingerprint density at radius 1 is 0.903 bits per heavy atom. The van der Waals surface area contributed by atoms with Crippen molar-refractivity contribution in [3.8, 4) is 22.5 Å². The van der Waals surface area contributed by atoms with Gasteiger partial charge in [-0.2, -0.15) is 0 Å². The van der Waals surface area contributed by atoms with E-state index in [1.807, 2.05) is 81.4 Å². The number of nitrogens with one attached hydrogen (secondary N) is 2. The molecule has 1 heterocycles. The summed E-state index contributed by atoms with van der Waals surface area (Å²) < 4.78 is 0. The number of rotatable bonds is 6. The first-order chi connectivity index (χ1) is 15.0. The van der Waals surface area contributed by atoms with Crippen LogP contribution < -0.4 is 5.32 Å². The van der Waals surface area contributed by atoms with Crippen molar-refractivity contribution in [2.45, 2.75) is 31.2 Å². The van der Waals surface area contributed by atoms with Crippen LogP contribution in [0.4, 0.5) is 5.69 Å². The fourth-order valence-corrected chi connectivity index (χ4v) is 4.34. The predicted molar refractivity (Wildman–Crippen MR) is 129 cm³/mol. The quantitative estimate of drug-likeness (QED) is 0.346. The average molecular weight is 428 g/mol. The Hall–Kier alpha value is -3.31. The summed E-state index contributed by atoms with van der Waals surface area (Å²) in [5.74, 6) is -0.0473. The number of hydrogen-bond donors (Lipinski definition) is 2. The summed E-state index contributed by atoms with van der Waals surface area (Å²) in [7, 11) is 0. The lowest BCUT2D eigenvalue weighted by Gasteiger charge is -2.12. The molecule has 1 aromatic heterocycles. The molecule has 5 heteroatoms. The first kappa shape index (κ1) is 20.9. The minimum atomic E-state index is -0.306. The third-order valence-electron chi connectivity index (χ3n) is 4.94. The van der Waals surface area contributed by atoms with Crippen LogP contribution in [-0.2, 0) is 4.79 Å². The molecule has 0 aliphatic heterocycles. The fourth-order valence-electron chi connectivity index (χ4n) is 3.54. The third-order valence-corrected chi connectivity index (χ3v) is 5.92. The lowest BCUT2D eigenvalue weighted by atomic mass is 10.1. The topological polar surface area (TPSA) is 57.8 Å². The number of hydrogen-bond acceptors (Lipinski definition) is 3. The molecule has 4 aromatic rings. The number of H-pyrrole nitrogens is 1. The molecule has 3 aromatic carbocycles. The molecule has 1 unspecified atom stereocenters. The van der Waals surface area contributed by atoms with Crippen LogP contribution in [0.3, 0.4) is 0 Å². The number of thioether (sulfide) groups is 1. The lowest BCUT2D eigenvalue weighted by molar-refractivity contribution is -0.115. The van der Waals surface area contributed by atoms with Crippen LogP contribution >= 0.6 is 11.8 Å². The fraction of sp³-hybridized carbons (Fsp3) is 0.154. The van der Waals surface area contributed by atoms with Gasteiger partial charge >= 0.3 is 0 Å². The Bertz CT molecular complexity index is 1110. The van der Waals surface area contributed by atoms with E-state index in [1.54, 1.807) is 0 Å². The van der Waals surface area contributed by atoms with Gasteiger partial charge in [0, 0.05) is 16.8 Å². The van der Waals surface area contributed by atoms with Crippen LogP contribution in [0.1, 0.15) is 18.1 Å². The molecule has 0 spiro atoms. The summed E-state index contributed by atoms with van der Waals surface area (Å²) in [5.41, 5.74) is 7.02. The molecule has 31 heavy (non-hydrogen) atoms. The van der Waals surface area contributed by atoms with Gasteiger partial charge in [0.05, 0.1) is 16.6 Å². The monoisotopic (exact) mass is 427 g/mol. The highest BCUT2D eigenvalue weighted by atomic mass is 32.2. The maximum atomic E-state index is 12.8. The zero-order chi connectivity index (χ0) is 21.8. The van der Waals surface area contributed by atoms with Crippen LogP contribution in [-0.4, -0.2) is 21.1 Å². The molecule has 1 atom stereocenters. The number of imidazole rings is 1. The van der Waals surface area contributed by atoms with Crippen molar-refractivity contribution in [2.75, 3.05) is 5.32 Å². The smallest absolute Gasteiger partial charge is 0.237 e. The summed E-state index contributed by atoms with van der Waals surface area (Å²) in [4.78, 5) is 21.1. The van der Waals surface area contributed by atoms with Crippen molar-refractivity contribution in [3.63, 3.8) is 0 Å². The molecule has 4 nitrogen and oxygen atoms in total. The highest BCUT2D eigenvalue weighted by molar-refractivity contribution is 8.00. The van der Waals surface area contributed by atoms with Gasteiger partial charge in [0.15, 0.2) is 5.16 Å². The second-order valence-corrected chi connectivity index (χ2v) is 8.95. The van der Waals surface area contributed by atoms with Crippen molar-refractivity contribution >= 4 is 23.4 Å². The van der Waals surface area contributed by atoms with Gasteiger partial charge in [-0.25, -0.2) is 4.98 Å². The number of carbonyl (C=O) groups is 1. The SMILES string of the molecule is Cc1cc(C)cc(NC(=O)C(C)Sc2nc(-c3ccccc3)c(-c3ccccc3)[nH]2)c1. The van der Waals surface area contributed by atoms with E-state index >= 15 is 0 Å². The Morgan fingerprint density at radius 3 is 2.10 bits per heavy atom. The molecule has 0 fully saturated rings. The van der Waals surface area contributed by atoms with E-state index in [2.05, 4.69) is 28.5 Å². The largest absolute Gasteiger partial charge is 0.332 e. The van der Waals surface area contributed by atoms with Gasteiger partial charge in [-0.1, -0.05) is 78.5 Å². The molecule has 156 valence electrons. The van der Waals surface area contributed by atoms with Crippen LogP contribution in [0.25, 0.3) is 22.5 Å². The second-order valence-electron chi connectivity index (χ2n) is 7.62. The maximum Gasteiger partial charge on any atom is 0.237 e. The number of amides is 1. The minimum absolute atomic E-state index is 0.0473. The highest BCUT2D eigenvalue weighted by Gasteiger charge is 2.20. The predicted octanol–water partition coefficient (Wildman–Crippen LogP) is 6.48. The van der Waals surface area contributed by atoms with Gasteiger partial charge in [-0.05, 0) is 44.0 Å². The molecule has 2 N–H and O–H groups in total. The normalized spacial score (nSPS) is 11.8. The van der Waals surface area contributed by atoms with E-state index in [-0.39, 0.29) is 11.2 Å². The molecule has 0 aliphatic rings. The highest BCUT2D eigenvalue weighted by Crippen LogP contribution is 2.34. The summed E-state index contributed by atoms with van der Waals surface area (Å²) >= 11 is 1.42. The number of aryl methyl sites for hydroxylation is 2. The third kappa shape index (κ3) is 5.06. The summed E-state index contributed by atoms with van der Waals surface area (Å²) in [6.07, 6.45) is 0. The summed E-state index contributed by atoms with van der Waals surface area (Å²) in [5, 5.41) is 3.44. The van der Waals surface area contributed by atoms with Crippen LogP contribution in [0.2, 0.25) is 0 Å².